The Hall–Kier alpha value is -3.28. The summed E-state index contributed by atoms with van der Waals surface area (Å²) in [4.78, 5) is 22.6. The van der Waals surface area contributed by atoms with Crippen LogP contribution in [0.25, 0.3) is 10.9 Å². The zero-order valence-electron chi connectivity index (χ0n) is 19.0. The molecule has 0 radical (unpaired) electrons. The Labute approximate surface area is 207 Å². The van der Waals surface area contributed by atoms with Crippen molar-refractivity contribution in [2.45, 2.75) is 30.7 Å². The molecule has 13 heteroatoms. The maximum atomic E-state index is 14.8. The van der Waals surface area contributed by atoms with Crippen molar-refractivity contribution in [1.29, 1.82) is 0 Å². The van der Waals surface area contributed by atoms with Crippen LogP contribution in [0.3, 0.4) is 0 Å². The number of nitrogens with zero attached hydrogens (tertiary/aromatic N) is 4. The van der Waals surface area contributed by atoms with Gasteiger partial charge in [0.15, 0.2) is 12.4 Å². The molecule has 2 aliphatic heterocycles. The van der Waals surface area contributed by atoms with E-state index in [-0.39, 0.29) is 34.1 Å². The van der Waals surface area contributed by atoms with Gasteiger partial charge in [0.1, 0.15) is 5.02 Å². The van der Waals surface area contributed by atoms with Gasteiger partial charge in [-0.3, -0.25) is 4.79 Å². The number of benzene rings is 1. The minimum Gasteiger partial charge on any atom is -0.480 e. The van der Waals surface area contributed by atoms with Gasteiger partial charge >= 0.3 is 5.92 Å². The smallest absolute Gasteiger partial charge is 0.301 e. The average Bonchev–Trinajstić information content (AvgIpc) is 3.65. The number of hydrogen-bond donors (Lipinski definition) is 2. The average molecular weight is 525 g/mol. The number of anilines is 4. The number of nitrogens with one attached hydrogen (secondary N) is 2. The highest BCUT2D eigenvalue weighted by Crippen LogP contribution is 2.45. The summed E-state index contributed by atoms with van der Waals surface area (Å²) in [5.74, 6) is -6.00. The Morgan fingerprint density at radius 1 is 1.22 bits per heavy atom. The van der Waals surface area contributed by atoms with Gasteiger partial charge < -0.3 is 24.8 Å². The Kier molecular flexibility index (Phi) is 5.05. The van der Waals surface area contributed by atoms with Crippen molar-refractivity contribution in [2.75, 3.05) is 35.2 Å². The second-order valence-electron chi connectivity index (χ2n) is 9.51. The van der Waals surface area contributed by atoms with Crippen LogP contribution < -0.4 is 25.8 Å². The summed E-state index contributed by atoms with van der Waals surface area (Å²) in [5, 5.41) is 6.63. The first kappa shape index (κ1) is 23.1. The zero-order chi connectivity index (χ0) is 25.4. The lowest BCUT2D eigenvalue weighted by Gasteiger charge is -2.38. The van der Waals surface area contributed by atoms with Gasteiger partial charge in [0.25, 0.3) is 11.5 Å². The molecule has 3 aromatic rings. The van der Waals surface area contributed by atoms with Crippen LogP contribution in [0.2, 0.25) is 5.02 Å². The molecule has 36 heavy (non-hydrogen) atoms. The third kappa shape index (κ3) is 3.87. The van der Waals surface area contributed by atoms with Gasteiger partial charge in [-0.1, -0.05) is 11.6 Å². The van der Waals surface area contributed by atoms with E-state index in [1.165, 1.54) is 15.7 Å². The SMILES string of the molecule is Cn1c(=O)c2c(c3cc(Nc4nc(N5CC(F)(F)C5)ncc4Cl)ccc31)N[C@@H](C1CC1)C(F)(F)CO2. The molecular formula is C23H21ClF4N6O2. The van der Waals surface area contributed by atoms with Crippen molar-refractivity contribution in [3.05, 3.63) is 39.8 Å². The molecule has 1 atom stereocenters. The minimum absolute atomic E-state index is 0.106. The van der Waals surface area contributed by atoms with Crippen LogP contribution in [0.4, 0.5) is 40.7 Å². The lowest BCUT2D eigenvalue weighted by molar-refractivity contribution is -0.0579. The predicted octanol–water partition coefficient (Wildman–Crippen LogP) is 4.40. The number of fused-ring (bicyclic) bond motifs is 3. The molecule has 1 saturated carbocycles. The molecule has 1 aromatic carbocycles. The molecule has 1 aliphatic carbocycles. The van der Waals surface area contributed by atoms with Crippen molar-refractivity contribution in [1.82, 2.24) is 14.5 Å². The van der Waals surface area contributed by atoms with Crippen molar-refractivity contribution in [3.63, 3.8) is 0 Å². The summed E-state index contributed by atoms with van der Waals surface area (Å²) in [7, 11) is 1.54. The van der Waals surface area contributed by atoms with Gasteiger partial charge in [-0.15, -0.1) is 0 Å². The maximum absolute atomic E-state index is 14.8. The van der Waals surface area contributed by atoms with E-state index in [1.54, 1.807) is 25.2 Å². The highest BCUT2D eigenvalue weighted by atomic mass is 35.5. The highest BCUT2D eigenvalue weighted by molar-refractivity contribution is 6.33. The lowest BCUT2D eigenvalue weighted by Crippen LogP contribution is -2.57. The van der Waals surface area contributed by atoms with Gasteiger partial charge in [0, 0.05) is 18.1 Å². The fraction of sp³-hybridized carbons (Fsp3) is 0.435. The molecule has 3 aliphatic rings. The van der Waals surface area contributed by atoms with E-state index in [0.717, 1.165) is 0 Å². The van der Waals surface area contributed by atoms with Crippen molar-refractivity contribution < 1.29 is 22.3 Å². The molecule has 8 nitrogen and oxygen atoms in total. The summed E-state index contributed by atoms with van der Waals surface area (Å²) < 4.78 is 62.9. The van der Waals surface area contributed by atoms with Crippen molar-refractivity contribution >= 4 is 45.6 Å². The number of alkyl halides is 4. The highest BCUT2D eigenvalue weighted by Gasteiger charge is 2.51. The van der Waals surface area contributed by atoms with Crippen molar-refractivity contribution in [3.8, 4) is 5.75 Å². The molecule has 4 heterocycles. The second kappa shape index (κ2) is 7.86. The summed E-state index contributed by atoms with van der Waals surface area (Å²) in [5.41, 5.74) is 0.693. The number of hydrogen-bond acceptors (Lipinski definition) is 7. The largest absolute Gasteiger partial charge is 0.480 e. The van der Waals surface area contributed by atoms with Crippen LogP contribution >= 0.6 is 11.6 Å². The first-order valence-corrected chi connectivity index (χ1v) is 11.8. The Balaban J connectivity index is 1.40. The quantitative estimate of drug-likeness (QED) is 0.489. The summed E-state index contributed by atoms with van der Waals surface area (Å²) in [6, 6.07) is 3.86. The molecule has 0 amide bonds. The molecule has 0 spiro atoms. The number of aryl methyl sites for hydroxylation is 1. The molecular weight excluding hydrogens is 504 g/mol. The number of pyridine rings is 1. The molecule has 1 saturated heterocycles. The van der Waals surface area contributed by atoms with Crippen LogP contribution in [0.15, 0.2) is 29.2 Å². The third-order valence-corrected chi connectivity index (χ3v) is 7.01. The van der Waals surface area contributed by atoms with E-state index < -0.39 is 43.1 Å². The number of aromatic nitrogens is 3. The van der Waals surface area contributed by atoms with Crippen LogP contribution in [-0.2, 0) is 7.05 Å². The standard InChI is InChI=1S/C23H21ClF4N6O2/c1-33-15-5-4-12(30-19-14(24)7-29-21(32-19)34-8-22(25,26)9-34)6-13(15)16-17(20(33)35)36-10-23(27,28)18(31-16)11-2-3-11/h4-7,11,18,31H,2-3,8-10H2,1H3,(H,29,30,32)/t18-/m0/s1. The number of ether oxygens (including phenoxy) is 1. The molecule has 6 rings (SSSR count). The van der Waals surface area contributed by atoms with E-state index in [0.29, 0.717) is 29.4 Å². The molecule has 190 valence electrons. The van der Waals surface area contributed by atoms with E-state index in [2.05, 4.69) is 20.6 Å². The molecule has 2 N–H and O–H groups in total. The molecule has 0 bridgehead atoms. The van der Waals surface area contributed by atoms with Gasteiger partial charge in [-0.05, 0) is 37.0 Å². The summed E-state index contributed by atoms with van der Waals surface area (Å²) in [6.07, 6.45) is 2.67. The Bertz CT molecular complexity index is 1440. The van der Waals surface area contributed by atoms with Gasteiger partial charge in [0.05, 0.1) is 36.5 Å². The monoisotopic (exact) mass is 524 g/mol. The number of halogens is 5. The van der Waals surface area contributed by atoms with E-state index in [4.69, 9.17) is 16.3 Å². The first-order valence-electron chi connectivity index (χ1n) is 11.4. The van der Waals surface area contributed by atoms with Gasteiger partial charge in [-0.2, -0.15) is 4.98 Å². The fourth-order valence-corrected chi connectivity index (χ4v) is 4.81. The van der Waals surface area contributed by atoms with Crippen LogP contribution in [0, 0.1) is 5.92 Å². The number of rotatable bonds is 4. The van der Waals surface area contributed by atoms with Gasteiger partial charge in [-0.25, -0.2) is 22.5 Å². The van der Waals surface area contributed by atoms with Gasteiger partial charge in [0.2, 0.25) is 11.7 Å². The molecule has 2 fully saturated rings. The summed E-state index contributed by atoms with van der Waals surface area (Å²) in [6.45, 7) is -1.85. The van der Waals surface area contributed by atoms with Crippen LogP contribution in [0.5, 0.6) is 5.75 Å². The molecule has 2 aromatic heterocycles. The van der Waals surface area contributed by atoms with Crippen LogP contribution in [0.1, 0.15) is 12.8 Å². The van der Waals surface area contributed by atoms with Crippen molar-refractivity contribution in [2.24, 2.45) is 13.0 Å². The van der Waals surface area contributed by atoms with E-state index in [1.807, 2.05) is 0 Å². The predicted molar refractivity (Wildman–Crippen MR) is 127 cm³/mol. The first-order chi connectivity index (χ1) is 17.0. The fourth-order valence-electron chi connectivity index (χ4n) is 4.67. The second-order valence-corrected chi connectivity index (χ2v) is 9.92. The van der Waals surface area contributed by atoms with Crippen LogP contribution in [-0.4, -0.2) is 52.1 Å². The molecule has 0 unspecified atom stereocenters. The zero-order valence-corrected chi connectivity index (χ0v) is 19.8. The normalized spacial score (nSPS) is 22.2. The van der Waals surface area contributed by atoms with E-state index >= 15 is 0 Å². The van der Waals surface area contributed by atoms with E-state index in [9.17, 15) is 22.4 Å². The maximum Gasteiger partial charge on any atom is 0.301 e. The Morgan fingerprint density at radius 2 is 1.97 bits per heavy atom. The minimum atomic E-state index is -3.15. The lowest BCUT2D eigenvalue weighted by atomic mass is 10.0. The third-order valence-electron chi connectivity index (χ3n) is 6.73. The topological polar surface area (TPSA) is 84.3 Å². The Morgan fingerprint density at radius 3 is 2.67 bits per heavy atom. The summed E-state index contributed by atoms with van der Waals surface area (Å²) >= 11 is 6.25.